The van der Waals surface area contributed by atoms with E-state index in [1.54, 1.807) is 38.4 Å². The van der Waals surface area contributed by atoms with Crippen LogP contribution in [0.15, 0.2) is 30.5 Å². The molecule has 12 heteroatoms. The molecule has 262 valence electrons. The molecule has 0 bridgehead atoms. The van der Waals surface area contributed by atoms with Gasteiger partial charge in [-0.1, -0.05) is 13.0 Å². The van der Waals surface area contributed by atoms with E-state index in [1.807, 2.05) is 11.8 Å². The number of piperidine rings is 1. The van der Waals surface area contributed by atoms with Crippen molar-refractivity contribution in [2.75, 3.05) is 58.8 Å². The maximum atomic E-state index is 17.1. The molecule has 2 aromatic carbocycles. The third-order valence-electron chi connectivity index (χ3n) is 10.6. The van der Waals surface area contributed by atoms with Crippen molar-refractivity contribution in [3.05, 3.63) is 47.7 Å². The van der Waals surface area contributed by atoms with Crippen LogP contribution >= 0.6 is 0 Å². The number of anilines is 1. The van der Waals surface area contributed by atoms with Crippen molar-refractivity contribution < 1.29 is 32.8 Å². The monoisotopic (exact) mass is 677 g/mol. The van der Waals surface area contributed by atoms with E-state index in [4.69, 9.17) is 23.9 Å². The Kier molecular flexibility index (Phi) is 9.33. The maximum Gasteiger partial charge on any atom is 0.319 e. The van der Waals surface area contributed by atoms with E-state index in [2.05, 4.69) is 14.9 Å². The number of hydrogen-bond donors (Lipinski definition) is 1. The summed E-state index contributed by atoms with van der Waals surface area (Å²) in [6, 6.07) is 6.94. The molecule has 10 nitrogen and oxygen atoms in total. The minimum Gasteiger partial charge on any atom is -0.468 e. The summed E-state index contributed by atoms with van der Waals surface area (Å²) in [4.78, 5) is 18.6. The number of aromatic nitrogens is 3. The lowest BCUT2D eigenvalue weighted by atomic mass is 9.94. The van der Waals surface area contributed by atoms with Gasteiger partial charge in [-0.05, 0) is 92.9 Å². The number of fused-ring (bicyclic) bond motifs is 3. The lowest BCUT2D eigenvalue weighted by molar-refractivity contribution is 0.0445. The van der Waals surface area contributed by atoms with Crippen molar-refractivity contribution >= 4 is 27.5 Å². The van der Waals surface area contributed by atoms with Crippen molar-refractivity contribution in [2.45, 2.75) is 76.0 Å². The van der Waals surface area contributed by atoms with E-state index in [0.717, 1.165) is 38.6 Å². The lowest BCUT2D eigenvalue weighted by Gasteiger charge is -2.38. The van der Waals surface area contributed by atoms with Crippen molar-refractivity contribution in [1.29, 1.82) is 0 Å². The molecule has 0 aliphatic carbocycles. The summed E-state index contributed by atoms with van der Waals surface area (Å²) in [5.41, 5.74) is -0.183. The van der Waals surface area contributed by atoms with E-state index in [1.165, 1.54) is 13.2 Å². The van der Waals surface area contributed by atoms with Gasteiger partial charge in [-0.2, -0.15) is 9.97 Å². The Bertz CT molecular complexity index is 1860. The smallest absolute Gasteiger partial charge is 0.319 e. The van der Waals surface area contributed by atoms with Crippen LogP contribution in [-0.4, -0.2) is 96.0 Å². The quantitative estimate of drug-likeness (QED) is 0.189. The van der Waals surface area contributed by atoms with Gasteiger partial charge in [0.1, 0.15) is 35.2 Å². The van der Waals surface area contributed by atoms with Crippen molar-refractivity contribution in [2.24, 2.45) is 0 Å². The van der Waals surface area contributed by atoms with Gasteiger partial charge in [0, 0.05) is 45.1 Å². The van der Waals surface area contributed by atoms with Gasteiger partial charge in [0.25, 0.3) is 0 Å². The first-order valence-corrected chi connectivity index (χ1v) is 17.3. The summed E-state index contributed by atoms with van der Waals surface area (Å²) in [6.45, 7) is 6.63. The standard InChI is InChI=1S/C37H45F2N5O5/c1-5-26-29(38)9-8-23-16-25(49-22-47-4)17-27(30(23)26)32-31(39)33-28(18-40-32)34(43-14-6-11-36(2,45)20-43)42-35(41-33)48-21-37-12-7-15-44(37)24(10-13-37)19-46-3/h8-9,16-18,24,45H,5-7,10-15,19-22H2,1-4H3/t24-,36-,37+/m1/s1. The highest BCUT2D eigenvalue weighted by Crippen LogP contribution is 2.44. The Morgan fingerprint density at radius 3 is 2.63 bits per heavy atom. The van der Waals surface area contributed by atoms with Gasteiger partial charge in [-0.15, -0.1) is 0 Å². The molecule has 0 saturated carbocycles. The number of nitrogens with zero attached hydrogens (tertiary/aromatic N) is 5. The number of rotatable bonds is 11. The maximum absolute atomic E-state index is 17.1. The first kappa shape index (κ1) is 33.8. The van der Waals surface area contributed by atoms with Crippen LogP contribution in [0.5, 0.6) is 11.8 Å². The summed E-state index contributed by atoms with van der Waals surface area (Å²) >= 11 is 0. The first-order valence-electron chi connectivity index (χ1n) is 17.3. The predicted octanol–water partition coefficient (Wildman–Crippen LogP) is 6.04. The van der Waals surface area contributed by atoms with Gasteiger partial charge in [0.05, 0.1) is 23.1 Å². The Labute approximate surface area is 285 Å². The number of halogens is 2. The van der Waals surface area contributed by atoms with Crippen LogP contribution in [0, 0.1) is 11.6 Å². The molecule has 0 radical (unpaired) electrons. The average molecular weight is 678 g/mol. The molecular weight excluding hydrogens is 632 g/mol. The molecule has 2 aromatic heterocycles. The fourth-order valence-corrected chi connectivity index (χ4v) is 8.33. The van der Waals surface area contributed by atoms with Gasteiger partial charge < -0.3 is 29.0 Å². The van der Waals surface area contributed by atoms with E-state index >= 15 is 8.78 Å². The molecule has 3 aliphatic rings. The predicted molar refractivity (Wildman–Crippen MR) is 183 cm³/mol. The Morgan fingerprint density at radius 2 is 1.86 bits per heavy atom. The summed E-state index contributed by atoms with van der Waals surface area (Å²) in [7, 11) is 3.25. The summed E-state index contributed by atoms with van der Waals surface area (Å²) < 4.78 is 55.1. The molecule has 3 saturated heterocycles. The van der Waals surface area contributed by atoms with Gasteiger partial charge in [0.15, 0.2) is 12.6 Å². The molecular formula is C37H45F2N5O5. The highest BCUT2D eigenvalue weighted by molar-refractivity contribution is 6.01. The highest BCUT2D eigenvalue weighted by Gasteiger charge is 2.49. The van der Waals surface area contributed by atoms with E-state index < -0.39 is 11.4 Å². The molecule has 7 rings (SSSR count). The molecule has 3 aliphatic heterocycles. The fourth-order valence-electron chi connectivity index (χ4n) is 8.33. The molecule has 4 aromatic rings. The van der Waals surface area contributed by atoms with E-state index in [-0.39, 0.29) is 35.4 Å². The van der Waals surface area contributed by atoms with E-state index in [9.17, 15) is 5.11 Å². The zero-order valence-electron chi connectivity index (χ0n) is 28.7. The number of hydrogen-bond acceptors (Lipinski definition) is 10. The minimum atomic E-state index is -0.936. The average Bonchev–Trinajstić information content (AvgIpc) is 3.66. The third-order valence-corrected chi connectivity index (χ3v) is 10.6. The van der Waals surface area contributed by atoms with Crippen LogP contribution in [0.25, 0.3) is 32.9 Å². The van der Waals surface area contributed by atoms with Crippen LogP contribution in [0.4, 0.5) is 14.6 Å². The van der Waals surface area contributed by atoms with Gasteiger partial charge in [-0.3, -0.25) is 9.88 Å². The number of benzene rings is 2. The summed E-state index contributed by atoms with van der Waals surface area (Å²) in [6.07, 6.45) is 7.42. The highest BCUT2D eigenvalue weighted by atomic mass is 19.1. The fraction of sp³-hybridized carbons (Fsp3) is 0.541. The molecule has 3 atom stereocenters. The van der Waals surface area contributed by atoms with Crippen LogP contribution < -0.4 is 14.4 Å². The van der Waals surface area contributed by atoms with Crippen molar-refractivity contribution in [1.82, 2.24) is 19.9 Å². The number of pyridine rings is 1. The Morgan fingerprint density at radius 1 is 1.02 bits per heavy atom. The molecule has 0 amide bonds. The molecule has 3 fully saturated rings. The lowest BCUT2D eigenvalue weighted by Crippen LogP contribution is -2.48. The number of aryl methyl sites for hydroxylation is 1. The summed E-state index contributed by atoms with van der Waals surface area (Å²) in [5, 5.41) is 12.7. The molecule has 5 heterocycles. The van der Waals surface area contributed by atoms with Gasteiger partial charge in [-0.25, -0.2) is 8.78 Å². The SMILES string of the molecule is CCc1c(F)ccc2cc(OCOC)cc(-c3ncc4c(N5CCC[C@@](C)(O)C5)nc(OC[C@@]56CCCN5[C@@H](COC)CC6)nc4c3F)c12. The van der Waals surface area contributed by atoms with Gasteiger partial charge in [0.2, 0.25) is 0 Å². The molecule has 1 N–H and O–H groups in total. The van der Waals surface area contributed by atoms with Crippen molar-refractivity contribution in [3.8, 4) is 23.0 Å². The number of aliphatic hydroxyl groups is 1. The number of methoxy groups -OCH3 is 2. The minimum absolute atomic E-state index is 0.0115. The second kappa shape index (κ2) is 13.5. The second-order valence-corrected chi connectivity index (χ2v) is 14.0. The Balaban J connectivity index is 1.36. The van der Waals surface area contributed by atoms with Crippen LogP contribution in [0.1, 0.15) is 57.9 Å². The van der Waals surface area contributed by atoms with Gasteiger partial charge >= 0.3 is 6.01 Å². The molecule has 49 heavy (non-hydrogen) atoms. The van der Waals surface area contributed by atoms with Crippen LogP contribution in [-0.2, 0) is 15.9 Å². The molecule has 0 unspecified atom stereocenters. The van der Waals surface area contributed by atoms with E-state index in [0.29, 0.717) is 84.0 Å². The normalized spacial score (nSPS) is 24.2. The molecule has 0 spiro atoms. The third kappa shape index (κ3) is 6.28. The zero-order valence-corrected chi connectivity index (χ0v) is 28.7. The topological polar surface area (TPSA) is 102 Å². The number of β-amino-alcohol motifs (C(OH)–C–C–N with tert-alkyl or cyclic N) is 1. The number of ether oxygens (including phenoxy) is 4. The first-order chi connectivity index (χ1) is 23.7. The van der Waals surface area contributed by atoms with Crippen LogP contribution in [0.2, 0.25) is 0 Å². The van der Waals surface area contributed by atoms with Crippen molar-refractivity contribution in [3.63, 3.8) is 0 Å². The second-order valence-electron chi connectivity index (χ2n) is 14.0. The van der Waals surface area contributed by atoms with Crippen LogP contribution in [0.3, 0.4) is 0 Å². The Hall–Kier alpha value is -3.71. The largest absolute Gasteiger partial charge is 0.468 e. The summed E-state index contributed by atoms with van der Waals surface area (Å²) in [5.74, 6) is -0.149. The zero-order chi connectivity index (χ0) is 34.3.